The van der Waals surface area contributed by atoms with Gasteiger partial charge in [0.25, 0.3) is 0 Å². The minimum atomic E-state index is -0.949. The monoisotopic (exact) mass is 270 g/mol. The first-order valence-electron chi connectivity index (χ1n) is 6.46. The van der Waals surface area contributed by atoms with Crippen LogP contribution in [0.15, 0.2) is 0 Å². The van der Waals surface area contributed by atoms with Gasteiger partial charge in [0.2, 0.25) is 5.91 Å². The summed E-state index contributed by atoms with van der Waals surface area (Å²) in [5, 5.41) is 11.0. The Balaban J connectivity index is 2.36. The van der Waals surface area contributed by atoms with Gasteiger partial charge in [0.1, 0.15) is 0 Å². The van der Waals surface area contributed by atoms with Gasteiger partial charge < -0.3 is 10.0 Å². The van der Waals surface area contributed by atoms with Crippen LogP contribution < -0.4 is 5.32 Å². The van der Waals surface area contributed by atoms with Gasteiger partial charge in [-0.1, -0.05) is 13.8 Å². The van der Waals surface area contributed by atoms with E-state index in [9.17, 15) is 14.4 Å². The van der Waals surface area contributed by atoms with Crippen molar-refractivity contribution in [3.63, 3.8) is 0 Å². The van der Waals surface area contributed by atoms with Gasteiger partial charge in [0.15, 0.2) is 0 Å². The number of nitrogens with zero attached hydrogens (tertiary/aromatic N) is 1. The fourth-order valence-corrected chi connectivity index (χ4v) is 1.94. The van der Waals surface area contributed by atoms with Crippen LogP contribution in [0, 0.1) is 11.3 Å². The largest absolute Gasteiger partial charge is 0.481 e. The molecule has 3 amide bonds. The van der Waals surface area contributed by atoms with Gasteiger partial charge >= 0.3 is 12.0 Å². The zero-order valence-corrected chi connectivity index (χ0v) is 11.7. The quantitative estimate of drug-likeness (QED) is 0.765. The second-order valence-corrected chi connectivity index (χ2v) is 6.09. The highest BCUT2D eigenvalue weighted by atomic mass is 16.4. The maximum atomic E-state index is 11.7. The number of carbonyl (C=O) groups is 3. The van der Waals surface area contributed by atoms with Crippen LogP contribution in [0.2, 0.25) is 0 Å². The second-order valence-electron chi connectivity index (χ2n) is 6.09. The fourth-order valence-electron chi connectivity index (χ4n) is 1.94. The van der Waals surface area contributed by atoms with E-state index in [2.05, 4.69) is 5.32 Å². The van der Waals surface area contributed by atoms with Crippen LogP contribution in [-0.2, 0) is 9.59 Å². The topological polar surface area (TPSA) is 86.7 Å². The number of amides is 3. The van der Waals surface area contributed by atoms with Crippen molar-refractivity contribution in [3.8, 4) is 0 Å². The van der Waals surface area contributed by atoms with E-state index in [1.165, 1.54) is 4.90 Å². The summed E-state index contributed by atoms with van der Waals surface area (Å²) in [7, 11) is 1.66. The molecule has 6 nitrogen and oxygen atoms in total. The molecule has 0 aromatic heterocycles. The molecule has 1 saturated carbocycles. The average molecular weight is 270 g/mol. The van der Waals surface area contributed by atoms with E-state index in [1.807, 2.05) is 0 Å². The minimum Gasteiger partial charge on any atom is -0.481 e. The molecule has 0 unspecified atom stereocenters. The molecule has 0 bridgehead atoms. The number of hydrogen-bond donors (Lipinski definition) is 2. The molecule has 0 saturated heterocycles. The first kappa shape index (κ1) is 15.5. The Morgan fingerprint density at radius 3 is 2.32 bits per heavy atom. The first-order chi connectivity index (χ1) is 8.69. The van der Waals surface area contributed by atoms with E-state index in [0.29, 0.717) is 12.5 Å². The van der Waals surface area contributed by atoms with Gasteiger partial charge in [-0.05, 0) is 24.2 Å². The highest BCUT2D eigenvalue weighted by Gasteiger charge is 2.28. The summed E-state index contributed by atoms with van der Waals surface area (Å²) in [5.74, 6) is -0.817. The Morgan fingerprint density at radius 1 is 1.26 bits per heavy atom. The maximum absolute atomic E-state index is 11.7. The molecule has 1 aliphatic carbocycles. The Kier molecular flexibility index (Phi) is 4.91. The van der Waals surface area contributed by atoms with Gasteiger partial charge in [-0.15, -0.1) is 0 Å². The third-order valence-electron chi connectivity index (χ3n) is 3.09. The Labute approximate surface area is 113 Å². The Hall–Kier alpha value is -1.59. The van der Waals surface area contributed by atoms with Crippen molar-refractivity contribution in [1.82, 2.24) is 10.2 Å². The molecule has 1 rings (SSSR count). The summed E-state index contributed by atoms with van der Waals surface area (Å²) >= 11 is 0. The van der Waals surface area contributed by atoms with Crippen molar-refractivity contribution in [2.24, 2.45) is 11.3 Å². The van der Waals surface area contributed by atoms with Crippen molar-refractivity contribution in [2.45, 2.75) is 39.5 Å². The molecule has 19 heavy (non-hydrogen) atoms. The van der Waals surface area contributed by atoms with E-state index in [4.69, 9.17) is 5.11 Å². The van der Waals surface area contributed by atoms with Crippen LogP contribution in [-0.4, -0.2) is 41.5 Å². The zero-order valence-electron chi connectivity index (χ0n) is 11.7. The summed E-state index contributed by atoms with van der Waals surface area (Å²) in [5.41, 5.74) is -0.661. The highest BCUT2D eigenvalue weighted by molar-refractivity contribution is 5.94. The maximum Gasteiger partial charge on any atom is 0.323 e. The lowest BCUT2D eigenvalue weighted by Crippen LogP contribution is -2.42. The molecular formula is C13H22N2O4. The summed E-state index contributed by atoms with van der Waals surface area (Å²) in [4.78, 5) is 35.6. The van der Waals surface area contributed by atoms with E-state index < -0.39 is 23.3 Å². The third kappa shape index (κ3) is 6.22. The number of carbonyl (C=O) groups excluding carboxylic acids is 2. The van der Waals surface area contributed by atoms with Crippen molar-refractivity contribution >= 4 is 17.9 Å². The number of imide groups is 1. The Morgan fingerprint density at radius 2 is 1.84 bits per heavy atom. The molecule has 1 aliphatic rings. The standard InChI is InChI=1S/C13H22N2O4/c1-13(2,7-11(17)18)6-10(16)14-12(19)15(3)8-9-4-5-9/h9H,4-8H2,1-3H3,(H,17,18)(H,14,16,19). The molecule has 2 N–H and O–H groups in total. The van der Waals surface area contributed by atoms with E-state index in [-0.39, 0.29) is 12.8 Å². The first-order valence-corrected chi connectivity index (χ1v) is 6.46. The highest BCUT2D eigenvalue weighted by Crippen LogP contribution is 2.29. The van der Waals surface area contributed by atoms with Crippen LogP contribution >= 0.6 is 0 Å². The SMILES string of the molecule is CN(CC1CC1)C(=O)NC(=O)CC(C)(C)CC(=O)O. The van der Waals surface area contributed by atoms with Crippen molar-refractivity contribution in [3.05, 3.63) is 0 Å². The summed E-state index contributed by atoms with van der Waals surface area (Å²) in [6.45, 7) is 4.05. The molecule has 108 valence electrons. The summed E-state index contributed by atoms with van der Waals surface area (Å²) < 4.78 is 0. The van der Waals surface area contributed by atoms with Gasteiger partial charge in [0.05, 0.1) is 6.42 Å². The van der Waals surface area contributed by atoms with Crippen LogP contribution in [0.4, 0.5) is 4.79 Å². The van der Waals surface area contributed by atoms with Crippen LogP contribution in [0.3, 0.4) is 0 Å². The second kappa shape index (κ2) is 6.04. The molecule has 0 aromatic carbocycles. The average Bonchev–Trinajstić information content (AvgIpc) is 2.97. The number of hydrogen-bond acceptors (Lipinski definition) is 3. The molecule has 0 aliphatic heterocycles. The number of nitrogens with one attached hydrogen (secondary N) is 1. The van der Waals surface area contributed by atoms with Crippen molar-refractivity contribution < 1.29 is 19.5 Å². The summed E-state index contributed by atoms with van der Waals surface area (Å²) in [6, 6.07) is -0.414. The fraction of sp³-hybridized carbons (Fsp3) is 0.769. The predicted molar refractivity (Wildman–Crippen MR) is 69.5 cm³/mol. The number of rotatable bonds is 6. The summed E-state index contributed by atoms with van der Waals surface area (Å²) in [6.07, 6.45) is 2.18. The lowest BCUT2D eigenvalue weighted by Gasteiger charge is -2.22. The molecular weight excluding hydrogens is 248 g/mol. The van der Waals surface area contributed by atoms with E-state index in [0.717, 1.165) is 12.8 Å². The van der Waals surface area contributed by atoms with Gasteiger partial charge in [-0.3, -0.25) is 14.9 Å². The van der Waals surface area contributed by atoms with Crippen LogP contribution in [0.25, 0.3) is 0 Å². The number of carboxylic acid groups (broad SMARTS) is 1. The van der Waals surface area contributed by atoms with Crippen molar-refractivity contribution in [1.29, 1.82) is 0 Å². The Bertz CT molecular complexity index is 375. The van der Waals surface area contributed by atoms with Gasteiger partial charge in [-0.25, -0.2) is 4.79 Å². The lowest BCUT2D eigenvalue weighted by molar-refractivity contribution is -0.139. The third-order valence-corrected chi connectivity index (χ3v) is 3.09. The normalized spacial score (nSPS) is 14.9. The molecule has 1 fully saturated rings. The molecule has 0 radical (unpaired) electrons. The van der Waals surface area contributed by atoms with E-state index >= 15 is 0 Å². The smallest absolute Gasteiger partial charge is 0.323 e. The molecule has 6 heteroatoms. The van der Waals surface area contributed by atoms with E-state index in [1.54, 1.807) is 20.9 Å². The van der Waals surface area contributed by atoms with Gasteiger partial charge in [-0.2, -0.15) is 0 Å². The number of aliphatic carboxylic acids is 1. The number of urea groups is 1. The predicted octanol–water partition coefficient (Wildman–Crippen LogP) is 1.46. The molecule has 0 heterocycles. The van der Waals surface area contributed by atoms with Crippen molar-refractivity contribution in [2.75, 3.05) is 13.6 Å². The minimum absolute atomic E-state index is 0.0162. The lowest BCUT2D eigenvalue weighted by atomic mass is 9.85. The van der Waals surface area contributed by atoms with Crippen LogP contribution in [0.5, 0.6) is 0 Å². The zero-order chi connectivity index (χ0) is 14.6. The van der Waals surface area contributed by atoms with Gasteiger partial charge in [0, 0.05) is 20.0 Å². The molecule has 0 spiro atoms. The number of carboxylic acids is 1. The van der Waals surface area contributed by atoms with Crippen LogP contribution in [0.1, 0.15) is 39.5 Å². The molecule has 0 atom stereocenters. The molecule has 0 aromatic rings.